The Kier molecular flexibility index (Phi) is 6.52. The molecule has 1 saturated heterocycles. The molecule has 0 aromatic heterocycles. The summed E-state index contributed by atoms with van der Waals surface area (Å²) in [4.78, 5) is 11.6. The molecular weight excluding hydrogens is 400 g/mol. The molecule has 32 heavy (non-hydrogen) atoms. The van der Waals surface area contributed by atoms with E-state index in [1.807, 2.05) is 0 Å². The van der Waals surface area contributed by atoms with Crippen LogP contribution in [0.25, 0.3) is 0 Å². The molecule has 0 aromatic carbocycles. The van der Waals surface area contributed by atoms with E-state index in [0.29, 0.717) is 36.7 Å². The number of aliphatic hydroxyl groups excluding tert-OH is 2. The fraction of sp³-hybridized carbons (Fsp3) is 0.607. The van der Waals surface area contributed by atoms with Crippen LogP contribution in [0.2, 0.25) is 0 Å². The van der Waals surface area contributed by atoms with Crippen LogP contribution in [-0.2, 0) is 9.53 Å². The lowest BCUT2D eigenvalue weighted by Crippen LogP contribution is -2.35. The summed E-state index contributed by atoms with van der Waals surface area (Å²) in [5.74, 6) is 7.59. The Morgan fingerprint density at radius 3 is 2.72 bits per heavy atom. The summed E-state index contributed by atoms with van der Waals surface area (Å²) >= 11 is 0. The lowest BCUT2D eigenvalue weighted by atomic mass is 9.61. The van der Waals surface area contributed by atoms with Gasteiger partial charge in [0, 0.05) is 24.3 Å². The number of hydrogen-bond donors (Lipinski definition) is 2. The first-order chi connectivity index (χ1) is 15.2. The molecule has 4 heteroatoms. The molecule has 1 aliphatic heterocycles. The molecule has 0 amide bonds. The molecule has 0 aromatic rings. The number of allylic oxidation sites excluding steroid dienone is 3. The average Bonchev–Trinajstić information content (AvgIpc) is 3.26. The summed E-state index contributed by atoms with van der Waals surface area (Å²) in [6.45, 7) is 12.4. The number of aliphatic hydroxyl groups is 2. The van der Waals surface area contributed by atoms with Gasteiger partial charge in [0.15, 0.2) is 6.10 Å². The Labute approximate surface area is 192 Å². The zero-order valence-corrected chi connectivity index (χ0v) is 19.4. The Hall–Kier alpha value is -2.09. The number of fused-ring (bicyclic) bond motifs is 1. The summed E-state index contributed by atoms with van der Waals surface area (Å²) < 4.78 is 5.28. The van der Waals surface area contributed by atoms with Crippen LogP contribution in [0.4, 0.5) is 0 Å². The van der Waals surface area contributed by atoms with E-state index in [0.717, 1.165) is 24.0 Å². The van der Waals surface area contributed by atoms with Gasteiger partial charge in [0.2, 0.25) is 0 Å². The van der Waals surface area contributed by atoms with Crippen LogP contribution < -0.4 is 0 Å². The van der Waals surface area contributed by atoms with Gasteiger partial charge in [0.25, 0.3) is 0 Å². The minimum Gasteiger partial charge on any atom is -0.445 e. The largest absolute Gasteiger partial charge is 0.445 e. The quantitative estimate of drug-likeness (QED) is 0.376. The van der Waals surface area contributed by atoms with Crippen molar-refractivity contribution >= 4 is 5.97 Å². The Bertz CT molecular complexity index is 913. The number of carbonyl (C=O) groups is 1. The maximum Gasteiger partial charge on any atom is 0.334 e. The fourth-order valence-electron chi connectivity index (χ4n) is 6.53. The molecule has 4 aliphatic rings. The number of esters is 1. The van der Waals surface area contributed by atoms with Crippen LogP contribution in [-0.4, -0.2) is 34.5 Å². The van der Waals surface area contributed by atoms with Gasteiger partial charge in [-0.15, -0.1) is 0 Å². The molecule has 4 rings (SSSR count). The minimum absolute atomic E-state index is 0.217. The van der Waals surface area contributed by atoms with E-state index in [9.17, 15) is 15.0 Å². The normalized spacial score (nSPS) is 40.8. The van der Waals surface area contributed by atoms with Crippen molar-refractivity contribution in [3.05, 3.63) is 47.6 Å². The minimum atomic E-state index is -0.647. The van der Waals surface area contributed by atoms with Crippen molar-refractivity contribution in [3.63, 3.8) is 0 Å². The van der Waals surface area contributed by atoms with Gasteiger partial charge < -0.3 is 14.9 Å². The molecule has 0 bridgehead atoms. The van der Waals surface area contributed by atoms with Crippen LogP contribution >= 0.6 is 0 Å². The number of hydrogen-bond acceptors (Lipinski definition) is 4. The van der Waals surface area contributed by atoms with E-state index in [-0.39, 0.29) is 23.4 Å². The third-order valence-electron chi connectivity index (χ3n) is 8.35. The van der Waals surface area contributed by atoms with Gasteiger partial charge in [-0.05, 0) is 66.9 Å². The van der Waals surface area contributed by atoms with E-state index >= 15 is 0 Å². The lowest BCUT2D eigenvalue weighted by Gasteiger charge is -2.43. The highest BCUT2D eigenvalue weighted by molar-refractivity contribution is 5.90. The predicted octanol–water partition coefficient (Wildman–Crippen LogP) is 4.64. The van der Waals surface area contributed by atoms with E-state index in [1.165, 1.54) is 24.8 Å². The van der Waals surface area contributed by atoms with Crippen LogP contribution in [0.1, 0.15) is 65.2 Å². The van der Waals surface area contributed by atoms with E-state index in [4.69, 9.17) is 4.74 Å². The molecule has 1 heterocycles. The van der Waals surface area contributed by atoms with Gasteiger partial charge in [-0.1, -0.05) is 56.6 Å². The van der Waals surface area contributed by atoms with Crippen molar-refractivity contribution in [1.82, 2.24) is 0 Å². The maximum atomic E-state index is 11.6. The Morgan fingerprint density at radius 1 is 1.22 bits per heavy atom. The second kappa shape index (κ2) is 9.04. The molecule has 3 saturated carbocycles. The van der Waals surface area contributed by atoms with Crippen LogP contribution in [0.3, 0.4) is 0 Å². The highest BCUT2D eigenvalue weighted by atomic mass is 16.5. The van der Waals surface area contributed by atoms with E-state index in [1.54, 1.807) is 0 Å². The van der Waals surface area contributed by atoms with Crippen molar-refractivity contribution in [3.8, 4) is 11.8 Å². The van der Waals surface area contributed by atoms with E-state index < -0.39 is 12.2 Å². The molecule has 7 atom stereocenters. The van der Waals surface area contributed by atoms with Crippen molar-refractivity contribution in [2.75, 3.05) is 0 Å². The van der Waals surface area contributed by atoms with Gasteiger partial charge in [-0.25, -0.2) is 4.79 Å². The number of rotatable bonds is 2. The molecule has 0 spiro atoms. The van der Waals surface area contributed by atoms with Crippen LogP contribution in [0.15, 0.2) is 47.6 Å². The standard InChI is InChI=1S/C28H36O4/c1-17(7-10-23-14-18(2)27(31)32-23)24-11-12-25-20(6-5-13-28(24,25)4)8-9-21-15-22(29)16-26(30)19(21)3/h8-9,17,22-26,29-30H,2-3,5-6,11-16H2,1,4H3/b20-8+,21-9-/t17-,22-,23?,24-,25+,26+,28-/m1/s1. The first kappa shape index (κ1) is 23.1. The number of cyclic esters (lactones) is 1. The number of ether oxygens (including phenoxy) is 1. The molecule has 3 aliphatic carbocycles. The molecule has 1 unspecified atom stereocenters. The van der Waals surface area contributed by atoms with Gasteiger partial charge in [-0.3, -0.25) is 0 Å². The second-order valence-electron chi connectivity index (χ2n) is 10.4. The Balaban J connectivity index is 1.49. The average molecular weight is 437 g/mol. The monoisotopic (exact) mass is 436 g/mol. The second-order valence-corrected chi connectivity index (χ2v) is 10.4. The van der Waals surface area contributed by atoms with Crippen molar-refractivity contribution in [2.45, 2.75) is 83.5 Å². The number of carbonyl (C=O) groups excluding carboxylic acids is 1. The zero-order valence-electron chi connectivity index (χ0n) is 19.4. The molecular formula is C28H36O4. The van der Waals surface area contributed by atoms with Crippen molar-refractivity contribution in [2.24, 2.45) is 23.2 Å². The summed E-state index contributed by atoms with van der Waals surface area (Å²) in [5, 5.41) is 20.2. The molecule has 172 valence electrons. The van der Waals surface area contributed by atoms with E-state index in [2.05, 4.69) is 51.0 Å². The smallest absolute Gasteiger partial charge is 0.334 e. The van der Waals surface area contributed by atoms with Gasteiger partial charge in [0.1, 0.15) is 0 Å². The highest BCUT2D eigenvalue weighted by Crippen LogP contribution is 2.59. The van der Waals surface area contributed by atoms with Gasteiger partial charge in [-0.2, -0.15) is 0 Å². The third-order valence-corrected chi connectivity index (χ3v) is 8.35. The highest BCUT2D eigenvalue weighted by Gasteiger charge is 2.50. The van der Waals surface area contributed by atoms with Gasteiger partial charge in [0.05, 0.1) is 12.2 Å². The first-order valence-corrected chi connectivity index (χ1v) is 12.0. The summed E-state index contributed by atoms with van der Waals surface area (Å²) in [5.41, 5.74) is 3.93. The molecule has 4 fully saturated rings. The fourth-order valence-corrected chi connectivity index (χ4v) is 6.53. The first-order valence-electron chi connectivity index (χ1n) is 12.0. The molecule has 4 nitrogen and oxygen atoms in total. The van der Waals surface area contributed by atoms with Gasteiger partial charge >= 0.3 is 5.97 Å². The van der Waals surface area contributed by atoms with Crippen LogP contribution in [0.5, 0.6) is 0 Å². The molecule has 0 radical (unpaired) electrons. The molecule has 2 N–H and O–H groups in total. The van der Waals surface area contributed by atoms with Crippen molar-refractivity contribution in [1.29, 1.82) is 0 Å². The maximum absolute atomic E-state index is 11.6. The topological polar surface area (TPSA) is 66.8 Å². The summed E-state index contributed by atoms with van der Waals surface area (Å²) in [6.07, 6.45) is 10.1. The lowest BCUT2D eigenvalue weighted by molar-refractivity contribution is -0.136. The SMILES string of the molecule is C=C1CC(C#C[C@@H](C)[C@H]2CC[C@H]3/C(=C/C=C4/C[C@@H](O)C[C@H](O)C4=C)CCC[C@]23C)OC1=O. The third kappa shape index (κ3) is 4.38. The van der Waals surface area contributed by atoms with Crippen molar-refractivity contribution < 1.29 is 19.7 Å². The predicted molar refractivity (Wildman–Crippen MR) is 125 cm³/mol. The summed E-state index contributed by atoms with van der Waals surface area (Å²) in [7, 11) is 0. The Morgan fingerprint density at radius 2 is 2.00 bits per heavy atom. The van der Waals surface area contributed by atoms with Crippen LogP contribution in [0, 0.1) is 35.0 Å². The summed E-state index contributed by atoms with van der Waals surface area (Å²) in [6, 6.07) is 0. The zero-order chi connectivity index (χ0) is 23.0.